The lowest BCUT2D eigenvalue weighted by Crippen LogP contribution is -2.44. The summed E-state index contributed by atoms with van der Waals surface area (Å²) in [6.07, 6.45) is -5.57. The van der Waals surface area contributed by atoms with Gasteiger partial charge in [-0.25, -0.2) is 4.21 Å². The van der Waals surface area contributed by atoms with Gasteiger partial charge in [0.1, 0.15) is 17.5 Å². The lowest BCUT2D eigenvalue weighted by atomic mass is 9.95. The molecule has 3 atom stereocenters. The lowest BCUT2D eigenvalue weighted by Gasteiger charge is -2.30. The first-order chi connectivity index (χ1) is 14.3. The second-order valence-electron chi connectivity index (χ2n) is 6.86. The quantitative estimate of drug-likeness (QED) is 0.425. The minimum Gasteiger partial charge on any atom is -0.480 e. The van der Waals surface area contributed by atoms with Gasteiger partial charge in [-0.15, -0.1) is 0 Å². The summed E-state index contributed by atoms with van der Waals surface area (Å²) in [6.45, 7) is 0. The third-order valence-corrected chi connectivity index (χ3v) is 6.24. The number of benzene rings is 1. The summed E-state index contributed by atoms with van der Waals surface area (Å²) in [5.41, 5.74) is 1.09. The number of carboxylic acids is 1. The molecule has 0 fully saturated rings. The largest absolute Gasteiger partial charge is 0.480 e. The van der Waals surface area contributed by atoms with E-state index >= 15 is 0 Å². The monoisotopic (exact) mass is 461 g/mol. The first-order valence-electron chi connectivity index (χ1n) is 9.05. The van der Waals surface area contributed by atoms with Gasteiger partial charge in [0.2, 0.25) is 5.60 Å². The van der Waals surface area contributed by atoms with Gasteiger partial charge in [0.15, 0.2) is 0 Å². The molecule has 170 valence electrons. The Hall–Kier alpha value is -2.70. The van der Waals surface area contributed by atoms with E-state index in [1.54, 1.807) is 30.3 Å². The summed E-state index contributed by atoms with van der Waals surface area (Å²) in [6, 6.07) is 9.22. The third-order valence-electron chi connectivity index (χ3n) is 4.48. The van der Waals surface area contributed by atoms with Gasteiger partial charge < -0.3 is 20.7 Å². The van der Waals surface area contributed by atoms with Crippen LogP contribution in [0.3, 0.4) is 0 Å². The fourth-order valence-corrected chi connectivity index (χ4v) is 4.04. The molecule has 2 unspecified atom stereocenters. The van der Waals surface area contributed by atoms with Crippen LogP contribution in [-0.4, -0.2) is 49.1 Å². The number of aliphatic hydroxyl groups is 1. The van der Waals surface area contributed by atoms with Crippen molar-refractivity contribution >= 4 is 15.7 Å². The van der Waals surface area contributed by atoms with E-state index in [-0.39, 0.29) is 12.2 Å². The number of ether oxygens (including phenoxy) is 1. The number of carboxylic acid groups (broad SMARTS) is 1. The number of rotatable bonds is 10. The van der Waals surface area contributed by atoms with E-state index in [2.05, 4.69) is 4.98 Å². The number of aromatic nitrogens is 1. The maximum absolute atomic E-state index is 13.7. The normalized spacial score (nSPS) is 16.7. The number of nitrogens with zero attached hydrogens (tertiary/aromatic N) is 1. The van der Waals surface area contributed by atoms with Crippen molar-refractivity contribution in [2.75, 3.05) is 11.5 Å². The lowest BCUT2D eigenvalue weighted by molar-refractivity contribution is -0.268. The van der Waals surface area contributed by atoms with Gasteiger partial charge in [-0.1, -0.05) is 18.2 Å². The minimum atomic E-state index is -5.16. The van der Waals surface area contributed by atoms with E-state index < -0.39 is 57.1 Å². The Labute approximate surface area is 176 Å². The van der Waals surface area contributed by atoms with Crippen LogP contribution in [0.4, 0.5) is 13.2 Å². The van der Waals surface area contributed by atoms with Gasteiger partial charge in [-0.3, -0.25) is 14.6 Å². The number of halogens is 3. The summed E-state index contributed by atoms with van der Waals surface area (Å²) in [5.74, 6) is -2.11. The Balaban J connectivity index is 2.15. The van der Waals surface area contributed by atoms with E-state index in [1.165, 1.54) is 6.07 Å². The molecule has 1 aromatic carbocycles. The first-order valence-corrected chi connectivity index (χ1v) is 10.9. The molecule has 5 N–H and O–H groups in total. The molecule has 0 aliphatic heterocycles. The van der Waals surface area contributed by atoms with Crippen molar-refractivity contribution in [3.63, 3.8) is 0 Å². The molecule has 0 spiro atoms. The fraction of sp³-hybridized carbons (Fsp3) is 0.368. The number of para-hydroxylation sites is 1. The second kappa shape index (κ2) is 9.62. The standard InChI is InChI=1S/C19H22F3N3O5S/c20-19(21,22)18(28,9-11-31(24,29)10-8-15(23)17(26)27)16-7-6-14(12-25-16)30-13-4-2-1-3-5-13/h1-7,12,15,24,28H,8-11,23H2,(H,26,27)/t15-,18?,31?/m0/s1. The van der Waals surface area contributed by atoms with E-state index in [0.717, 1.165) is 12.3 Å². The van der Waals surface area contributed by atoms with Gasteiger partial charge in [0, 0.05) is 27.7 Å². The zero-order chi connectivity index (χ0) is 23.3. The van der Waals surface area contributed by atoms with Gasteiger partial charge in [0.05, 0.1) is 11.9 Å². The summed E-state index contributed by atoms with van der Waals surface area (Å²) < 4.78 is 66.4. The number of carbonyl (C=O) groups is 1. The van der Waals surface area contributed by atoms with Crippen molar-refractivity contribution in [1.82, 2.24) is 4.98 Å². The smallest absolute Gasteiger partial charge is 0.423 e. The number of hydrogen-bond donors (Lipinski definition) is 4. The molecule has 1 heterocycles. The molecule has 0 radical (unpaired) electrons. The fourth-order valence-electron chi connectivity index (χ4n) is 2.58. The zero-order valence-corrected chi connectivity index (χ0v) is 17.0. The Morgan fingerprint density at radius 2 is 1.81 bits per heavy atom. The van der Waals surface area contributed by atoms with E-state index in [1.807, 2.05) is 0 Å². The van der Waals surface area contributed by atoms with Crippen molar-refractivity contribution in [2.24, 2.45) is 5.73 Å². The molecule has 0 aliphatic carbocycles. The van der Waals surface area contributed by atoms with Gasteiger partial charge >= 0.3 is 12.1 Å². The number of pyridine rings is 1. The Bertz CT molecular complexity index is 985. The Morgan fingerprint density at radius 1 is 1.16 bits per heavy atom. The topological polar surface area (TPSA) is 147 Å². The minimum absolute atomic E-state index is 0.145. The second-order valence-corrected chi connectivity index (χ2v) is 9.30. The molecule has 0 aliphatic rings. The number of nitrogens with one attached hydrogen (secondary N) is 1. The molecular formula is C19H22F3N3O5S. The van der Waals surface area contributed by atoms with E-state index in [0.29, 0.717) is 5.75 Å². The highest BCUT2D eigenvalue weighted by atomic mass is 32.2. The van der Waals surface area contributed by atoms with Crippen LogP contribution in [0.25, 0.3) is 0 Å². The van der Waals surface area contributed by atoms with Crippen molar-refractivity contribution in [2.45, 2.75) is 30.7 Å². The molecule has 0 saturated carbocycles. The molecule has 0 amide bonds. The van der Waals surface area contributed by atoms with Crippen molar-refractivity contribution in [3.8, 4) is 11.5 Å². The Kier molecular flexibility index (Phi) is 7.63. The van der Waals surface area contributed by atoms with Gasteiger partial charge in [-0.2, -0.15) is 13.2 Å². The number of alkyl halides is 3. The summed E-state index contributed by atoms with van der Waals surface area (Å²) in [7, 11) is -3.62. The summed E-state index contributed by atoms with van der Waals surface area (Å²) >= 11 is 0. The molecule has 2 rings (SSSR count). The highest BCUT2D eigenvalue weighted by Gasteiger charge is 2.56. The average molecular weight is 461 g/mol. The molecule has 8 nitrogen and oxygen atoms in total. The van der Waals surface area contributed by atoms with Crippen LogP contribution in [0.2, 0.25) is 0 Å². The maximum Gasteiger partial charge on any atom is 0.423 e. The van der Waals surface area contributed by atoms with Gasteiger partial charge in [-0.05, 0) is 30.7 Å². The number of hydrogen-bond acceptors (Lipinski definition) is 7. The SMILES string of the molecule is N=S(=O)(CC[C@H](N)C(=O)O)CCC(O)(c1ccc(Oc2ccccc2)cn1)C(F)(F)F. The summed E-state index contributed by atoms with van der Waals surface area (Å²) in [4.78, 5) is 14.4. The zero-order valence-electron chi connectivity index (χ0n) is 16.2. The molecule has 2 aromatic rings. The van der Waals surface area contributed by atoms with E-state index in [9.17, 15) is 27.3 Å². The van der Waals surface area contributed by atoms with Crippen LogP contribution in [0.5, 0.6) is 11.5 Å². The van der Waals surface area contributed by atoms with Crippen LogP contribution >= 0.6 is 0 Å². The Morgan fingerprint density at radius 3 is 2.32 bits per heavy atom. The predicted octanol–water partition coefficient (Wildman–Crippen LogP) is 2.86. The van der Waals surface area contributed by atoms with Crippen LogP contribution in [0, 0.1) is 4.78 Å². The predicted molar refractivity (Wildman–Crippen MR) is 106 cm³/mol. The number of nitrogens with two attached hydrogens (primary N) is 1. The van der Waals surface area contributed by atoms with Gasteiger partial charge in [0.25, 0.3) is 0 Å². The molecule has 31 heavy (non-hydrogen) atoms. The molecular weight excluding hydrogens is 439 g/mol. The van der Waals surface area contributed by atoms with E-state index in [4.69, 9.17) is 20.4 Å². The first kappa shape index (κ1) is 24.6. The molecule has 12 heteroatoms. The summed E-state index contributed by atoms with van der Waals surface area (Å²) in [5, 5.41) is 19.1. The highest BCUT2D eigenvalue weighted by Crippen LogP contribution is 2.41. The maximum atomic E-state index is 13.7. The molecule has 1 aromatic heterocycles. The van der Waals surface area contributed by atoms with Crippen LogP contribution in [0.1, 0.15) is 18.5 Å². The van der Waals surface area contributed by atoms with Crippen molar-refractivity contribution in [3.05, 3.63) is 54.4 Å². The van der Waals surface area contributed by atoms with Crippen LogP contribution < -0.4 is 10.5 Å². The average Bonchev–Trinajstić information content (AvgIpc) is 2.71. The van der Waals surface area contributed by atoms with Crippen LogP contribution in [-0.2, 0) is 20.1 Å². The molecule has 0 saturated heterocycles. The van der Waals surface area contributed by atoms with Crippen molar-refractivity contribution < 1.29 is 37.1 Å². The van der Waals surface area contributed by atoms with Crippen LogP contribution in [0.15, 0.2) is 48.7 Å². The molecule has 0 bridgehead atoms. The van der Waals surface area contributed by atoms with Crippen molar-refractivity contribution in [1.29, 1.82) is 4.78 Å². The highest BCUT2D eigenvalue weighted by molar-refractivity contribution is 7.92. The third kappa shape index (κ3) is 6.64. The number of aliphatic carboxylic acids is 1.